The highest BCUT2D eigenvalue weighted by Crippen LogP contribution is 2.21. The molecule has 7 heteroatoms. The van der Waals surface area contributed by atoms with Gasteiger partial charge in [-0.1, -0.05) is 17.7 Å². The van der Waals surface area contributed by atoms with Crippen LogP contribution in [0.5, 0.6) is 0 Å². The molecule has 1 saturated heterocycles. The highest BCUT2D eigenvalue weighted by atomic mass is 35.5. The summed E-state index contributed by atoms with van der Waals surface area (Å²) in [5.41, 5.74) is 0.322. The molecule has 1 amide bonds. The molecule has 1 fully saturated rings. The molecule has 0 spiro atoms. The lowest BCUT2D eigenvalue weighted by Gasteiger charge is -2.22. The highest BCUT2D eigenvalue weighted by Gasteiger charge is 2.18. The van der Waals surface area contributed by atoms with Crippen LogP contribution in [0.25, 0.3) is 0 Å². The lowest BCUT2D eigenvalue weighted by Crippen LogP contribution is -2.24. The number of aromatic nitrogens is 2. The largest absolute Gasteiger partial charge is 0.376 e. The normalized spacial score (nSPS) is 17.9. The third-order valence-electron chi connectivity index (χ3n) is 3.75. The molecule has 0 bridgehead atoms. The quantitative estimate of drug-likeness (QED) is 0.929. The Bertz CT molecular complexity index is 678. The first-order valence-electron chi connectivity index (χ1n) is 7.53. The average molecular weight is 338 g/mol. The predicted molar refractivity (Wildman–Crippen MR) is 85.2 cm³/mol. The van der Waals surface area contributed by atoms with Crippen molar-refractivity contribution in [2.75, 3.05) is 11.9 Å². The SMILES string of the molecule is O=C(Nc1cnn(C[C@H]2CCCCO2)c1)c1c(F)cccc1Cl. The van der Waals surface area contributed by atoms with E-state index in [9.17, 15) is 9.18 Å². The number of carbonyl (C=O) groups excluding carboxylic acids is 1. The van der Waals surface area contributed by atoms with Crippen molar-refractivity contribution in [3.63, 3.8) is 0 Å². The molecule has 0 unspecified atom stereocenters. The molecule has 5 nitrogen and oxygen atoms in total. The number of halogens is 2. The predicted octanol–water partition coefficient (Wildman–Crippen LogP) is 3.50. The molecule has 122 valence electrons. The van der Waals surface area contributed by atoms with Gasteiger partial charge < -0.3 is 10.1 Å². The maximum absolute atomic E-state index is 13.7. The number of nitrogens with zero attached hydrogens (tertiary/aromatic N) is 2. The minimum absolute atomic E-state index is 0.0745. The summed E-state index contributed by atoms with van der Waals surface area (Å²) in [6, 6.07) is 4.13. The minimum Gasteiger partial charge on any atom is -0.376 e. The van der Waals surface area contributed by atoms with Gasteiger partial charge in [0.1, 0.15) is 5.82 Å². The second kappa shape index (κ2) is 7.10. The standard InChI is InChI=1S/C16H17ClFN3O2/c17-13-5-3-6-14(18)15(13)16(22)20-11-8-19-21(9-11)10-12-4-1-2-7-23-12/h3,5-6,8-9,12H,1-2,4,7,10H2,(H,20,22)/t12-/m1/s1. The van der Waals surface area contributed by atoms with E-state index in [0.717, 1.165) is 25.9 Å². The van der Waals surface area contributed by atoms with Crippen molar-refractivity contribution in [1.29, 1.82) is 0 Å². The van der Waals surface area contributed by atoms with Crippen LogP contribution in [-0.2, 0) is 11.3 Å². The van der Waals surface area contributed by atoms with Gasteiger partial charge in [-0.3, -0.25) is 9.48 Å². The second-order valence-electron chi connectivity index (χ2n) is 5.49. The van der Waals surface area contributed by atoms with Crippen molar-refractivity contribution in [3.05, 3.63) is 47.0 Å². The first-order chi connectivity index (χ1) is 11.1. The van der Waals surface area contributed by atoms with Crippen molar-refractivity contribution >= 4 is 23.2 Å². The molecule has 1 atom stereocenters. The van der Waals surface area contributed by atoms with Crippen LogP contribution in [0.4, 0.5) is 10.1 Å². The van der Waals surface area contributed by atoms with Gasteiger partial charge in [-0.05, 0) is 31.4 Å². The summed E-state index contributed by atoms with van der Waals surface area (Å²) in [7, 11) is 0. The molecule has 0 saturated carbocycles. The molecule has 1 N–H and O–H groups in total. The van der Waals surface area contributed by atoms with E-state index in [4.69, 9.17) is 16.3 Å². The van der Waals surface area contributed by atoms with E-state index < -0.39 is 11.7 Å². The molecule has 3 rings (SSSR count). The van der Waals surface area contributed by atoms with Gasteiger partial charge in [0.15, 0.2) is 0 Å². The molecule has 1 aliphatic heterocycles. The van der Waals surface area contributed by atoms with E-state index in [2.05, 4.69) is 10.4 Å². The number of hydrogen-bond donors (Lipinski definition) is 1. The maximum atomic E-state index is 13.7. The van der Waals surface area contributed by atoms with Crippen LogP contribution in [0.1, 0.15) is 29.6 Å². The Morgan fingerprint density at radius 2 is 2.35 bits per heavy atom. The number of ether oxygens (including phenoxy) is 1. The van der Waals surface area contributed by atoms with Gasteiger partial charge in [-0.25, -0.2) is 4.39 Å². The fourth-order valence-corrected chi connectivity index (χ4v) is 2.85. The molecule has 1 aromatic heterocycles. The van der Waals surface area contributed by atoms with Crippen LogP contribution in [0, 0.1) is 5.82 Å². The Balaban J connectivity index is 1.65. The van der Waals surface area contributed by atoms with E-state index in [1.807, 2.05) is 0 Å². The number of carbonyl (C=O) groups is 1. The number of amides is 1. The Morgan fingerprint density at radius 3 is 3.09 bits per heavy atom. The Labute approximate surface area is 138 Å². The van der Waals surface area contributed by atoms with Gasteiger partial charge in [0.05, 0.1) is 35.1 Å². The van der Waals surface area contributed by atoms with E-state index in [1.54, 1.807) is 10.9 Å². The van der Waals surface area contributed by atoms with Crippen LogP contribution >= 0.6 is 11.6 Å². The molecule has 0 aliphatic carbocycles. The zero-order valence-electron chi connectivity index (χ0n) is 12.5. The number of benzene rings is 1. The van der Waals surface area contributed by atoms with Gasteiger partial charge in [0, 0.05) is 12.8 Å². The van der Waals surface area contributed by atoms with E-state index in [1.165, 1.54) is 24.4 Å². The zero-order chi connectivity index (χ0) is 16.2. The van der Waals surface area contributed by atoms with Gasteiger partial charge >= 0.3 is 0 Å². The Kier molecular flexibility index (Phi) is 4.93. The summed E-state index contributed by atoms with van der Waals surface area (Å²) in [6.45, 7) is 1.41. The topological polar surface area (TPSA) is 56.2 Å². The van der Waals surface area contributed by atoms with Gasteiger partial charge in [-0.2, -0.15) is 5.10 Å². The van der Waals surface area contributed by atoms with Gasteiger partial charge in [0.2, 0.25) is 0 Å². The van der Waals surface area contributed by atoms with Gasteiger partial charge in [-0.15, -0.1) is 0 Å². The van der Waals surface area contributed by atoms with Crippen molar-refractivity contribution in [1.82, 2.24) is 9.78 Å². The summed E-state index contributed by atoms with van der Waals surface area (Å²) in [4.78, 5) is 12.2. The summed E-state index contributed by atoms with van der Waals surface area (Å²) in [6.07, 6.45) is 6.63. The van der Waals surface area contributed by atoms with Crippen molar-refractivity contribution in [2.24, 2.45) is 0 Å². The molecule has 1 aliphatic rings. The fraction of sp³-hybridized carbons (Fsp3) is 0.375. The van der Waals surface area contributed by atoms with E-state index in [-0.39, 0.29) is 16.7 Å². The third kappa shape index (κ3) is 3.89. The van der Waals surface area contributed by atoms with Crippen LogP contribution in [0.3, 0.4) is 0 Å². The number of hydrogen-bond acceptors (Lipinski definition) is 3. The Hall–Kier alpha value is -1.92. The van der Waals surface area contributed by atoms with Crippen molar-refractivity contribution in [2.45, 2.75) is 31.9 Å². The summed E-state index contributed by atoms with van der Waals surface area (Å²) >= 11 is 5.89. The average Bonchev–Trinajstić information content (AvgIpc) is 2.95. The highest BCUT2D eigenvalue weighted by molar-refractivity contribution is 6.34. The lowest BCUT2D eigenvalue weighted by molar-refractivity contribution is 0.00401. The summed E-state index contributed by atoms with van der Waals surface area (Å²) in [5, 5.41) is 6.88. The Morgan fingerprint density at radius 1 is 1.48 bits per heavy atom. The molecular weight excluding hydrogens is 321 g/mol. The first-order valence-corrected chi connectivity index (χ1v) is 7.90. The molecule has 23 heavy (non-hydrogen) atoms. The second-order valence-corrected chi connectivity index (χ2v) is 5.90. The molecular formula is C16H17ClFN3O2. The van der Waals surface area contributed by atoms with Crippen LogP contribution in [0.2, 0.25) is 5.02 Å². The first kappa shape index (κ1) is 16.0. The van der Waals surface area contributed by atoms with Crippen LogP contribution < -0.4 is 5.32 Å². The molecule has 0 radical (unpaired) electrons. The summed E-state index contributed by atoms with van der Waals surface area (Å²) < 4.78 is 21.1. The lowest BCUT2D eigenvalue weighted by atomic mass is 10.1. The molecule has 2 aromatic rings. The molecule has 2 heterocycles. The van der Waals surface area contributed by atoms with E-state index >= 15 is 0 Å². The summed E-state index contributed by atoms with van der Waals surface area (Å²) in [5.74, 6) is -1.25. The van der Waals surface area contributed by atoms with Crippen LogP contribution in [-0.4, -0.2) is 28.4 Å². The fourth-order valence-electron chi connectivity index (χ4n) is 2.60. The number of nitrogens with one attached hydrogen (secondary N) is 1. The smallest absolute Gasteiger partial charge is 0.260 e. The van der Waals surface area contributed by atoms with E-state index in [0.29, 0.717) is 12.2 Å². The maximum Gasteiger partial charge on any atom is 0.260 e. The number of anilines is 1. The van der Waals surface area contributed by atoms with Crippen molar-refractivity contribution in [3.8, 4) is 0 Å². The van der Waals surface area contributed by atoms with Gasteiger partial charge in [0.25, 0.3) is 5.91 Å². The van der Waals surface area contributed by atoms with Crippen LogP contribution in [0.15, 0.2) is 30.6 Å². The zero-order valence-corrected chi connectivity index (χ0v) is 13.2. The van der Waals surface area contributed by atoms with Crippen molar-refractivity contribution < 1.29 is 13.9 Å². The minimum atomic E-state index is -0.655. The number of rotatable bonds is 4. The third-order valence-corrected chi connectivity index (χ3v) is 4.06. The molecule has 1 aromatic carbocycles. The monoisotopic (exact) mass is 337 g/mol.